The molecule has 19 heavy (non-hydrogen) atoms. The van der Waals surface area contributed by atoms with E-state index in [2.05, 4.69) is 6.07 Å². The lowest BCUT2D eigenvalue weighted by Crippen LogP contribution is -2.30. The van der Waals surface area contributed by atoms with Gasteiger partial charge in [-0.1, -0.05) is 35.4 Å². The summed E-state index contributed by atoms with van der Waals surface area (Å²) in [7, 11) is 0. The van der Waals surface area contributed by atoms with E-state index in [1.54, 1.807) is 4.90 Å². The van der Waals surface area contributed by atoms with Gasteiger partial charge in [0.05, 0.1) is 0 Å². The van der Waals surface area contributed by atoms with Crippen LogP contribution in [-0.4, -0.2) is 12.5 Å². The second-order valence-electron chi connectivity index (χ2n) is 4.76. The summed E-state index contributed by atoms with van der Waals surface area (Å²) in [6, 6.07) is 15.8. The van der Waals surface area contributed by atoms with Crippen molar-refractivity contribution in [2.75, 3.05) is 11.4 Å². The van der Waals surface area contributed by atoms with Gasteiger partial charge in [-0.15, -0.1) is 0 Å². The molecule has 0 atom stereocenters. The van der Waals surface area contributed by atoms with Crippen molar-refractivity contribution in [2.24, 2.45) is 0 Å². The van der Waals surface area contributed by atoms with Gasteiger partial charge >= 0.3 is 0 Å². The fourth-order valence-electron chi connectivity index (χ4n) is 2.31. The van der Waals surface area contributed by atoms with Crippen LogP contribution in [0, 0.1) is 13.8 Å². The first kappa shape index (κ1) is 13.3. The highest BCUT2D eigenvalue weighted by Gasteiger charge is 2.16. The number of rotatable bonds is 3. The van der Waals surface area contributed by atoms with Crippen LogP contribution >= 0.6 is 0 Å². The first-order valence-electron chi connectivity index (χ1n) is 6.57. The maximum atomic E-state index is 12.6. The summed E-state index contributed by atoms with van der Waals surface area (Å²) in [5.74, 6) is 0.0560. The minimum Gasteiger partial charge on any atom is -0.309 e. The van der Waals surface area contributed by atoms with Gasteiger partial charge in [-0.2, -0.15) is 0 Å². The van der Waals surface area contributed by atoms with Crippen LogP contribution in [0.3, 0.4) is 0 Å². The number of benzene rings is 2. The second kappa shape index (κ2) is 5.70. The zero-order valence-electron chi connectivity index (χ0n) is 11.7. The Balaban J connectivity index is 2.36. The third-order valence-electron chi connectivity index (χ3n) is 3.10. The first-order chi connectivity index (χ1) is 9.11. The maximum absolute atomic E-state index is 12.6. The second-order valence-corrected chi connectivity index (χ2v) is 4.76. The Morgan fingerprint density at radius 1 is 1.00 bits per heavy atom. The van der Waals surface area contributed by atoms with E-state index in [-0.39, 0.29) is 5.91 Å². The lowest BCUT2D eigenvalue weighted by atomic mass is 10.1. The molecule has 0 radical (unpaired) electrons. The molecule has 2 rings (SSSR count). The van der Waals surface area contributed by atoms with Crippen LogP contribution in [-0.2, 0) is 0 Å². The standard InChI is InChI=1S/C17H19NO/c1-4-18(16-8-6-5-7-9-16)17(19)15-11-13(2)10-14(3)12-15/h5-12H,4H2,1-3H3. The maximum Gasteiger partial charge on any atom is 0.258 e. The molecule has 2 aromatic rings. The third-order valence-corrected chi connectivity index (χ3v) is 3.10. The summed E-state index contributed by atoms with van der Waals surface area (Å²) in [4.78, 5) is 14.4. The number of anilines is 1. The largest absolute Gasteiger partial charge is 0.309 e. The van der Waals surface area contributed by atoms with E-state index in [0.717, 1.165) is 22.4 Å². The highest BCUT2D eigenvalue weighted by molar-refractivity contribution is 6.06. The summed E-state index contributed by atoms with van der Waals surface area (Å²) in [6.45, 7) is 6.69. The number of amides is 1. The van der Waals surface area contributed by atoms with Crippen LogP contribution in [0.5, 0.6) is 0 Å². The minimum absolute atomic E-state index is 0.0560. The molecule has 2 aromatic carbocycles. The summed E-state index contributed by atoms with van der Waals surface area (Å²) < 4.78 is 0. The fourth-order valence-corrected chi connectivity index (χ4v) is 2.31. The van der Waals surface area contributed by atoms with Crippen molar-refractivity contribution < 1.29 is 4.79 Å². The summed E-state index contributed by atoms with van der Waals surface area (Å²) in [5.41, 5.74) is 3.93. The van der Waals surface area contributed by atoms with Crippen LogP contribution in [0.4, 0.5) is 5.69 Å². The van der Waals surface area contributed by atoms with Gasteiger partial charge in [0.1, 0.15) is 0 Å². The predicted octanol–water partition coefficient (Wildman–Crippen LogP) is 3.97. The number of hydrogen-bond donors (Lipinski definition) is 0. The van der Waals surface area contributed by atoms with Gasteiger partial charge in [-0.25, -0.2) is 0 Å². The Morgan fingerprint density at radius 3 is 2.11 bits per heavy atom. The van der Waals surface area contributed by atoms with Gasteiger partial charge in [-0.05, 0) is 45.0 Å². The average Bonchev–Trinajstić information content (AvgIpc) is 2.39. The van der Waals surface area contributed by atoms with Crippen LogP contribution in [0.15, 0.2) is 48.5 Å². The lowest BCUT2D eigenvalue weighted by molar-refractivity contribution is 0.0988. The number of para-hydroxylation sites is 1. The lowest BCUT2D eigenvalue weighted by Gasteiger charge is -2.21. The molecule has 0 aliphatic carbocycles. The number of carbonyl (C=O) groups excluding carboxylic acids is 1. The molecular weight excluding hydrogens is 234 g/mol. The van der Waals surface area contributed by atoms with Crippen LogP contribution in [0.2, 0.25) is 0 Å². The van der Waals surface area contributed by atoms with Gasteiger partial charge in [-0.3, -0.25) is 4.79 Å². The number of aryl methyl sites for hydroxylation is 2. The van der Waals surface area contributed by atoms with Crippen LogP contribution < -0.4 is 4.90 Å². The number of hydrogen-bond acceptors (Lipinski definition) is 1. The van der Waals surface area contributed by atoms with Crippen molar-refractivity contribution in [2.45, 2.75) is 20.8 Å². The zero-order valence-corrected chi connectivity index (χ0v) is 11.7. The molecule has 0 spiro atoms. The molecule has 0 unspecified atom stereocenters. The molecule has 0 saturated heterocycles. The molecule has 0 fully saturated rings. The Bertz CT molecular complexity index is 555. The van der Waals surface area contributed by atoms with Crippen molar-refractivity contribution in [3.05, 3.63) is 65.2 Å². The fraction of sp³-hybridized carbons (Fsp3) is 0.235. The molecule has 2 heteroatoms. The van der Waals surface area contributed by atoms with Gasteiger partial charge < -0.3 is 4.90 Å². The van der Waals surface area contributed by atoms with Gasteiger partial charge in [0.25, 0.3) is 5.91 Å². The molecule has 1 amide bonds. The van der Waals surface area contributed by atoms with E-state index in [4.69, 9.17) is 0 Å². The van der Waals surface area contributed by atoms with E-state index in [1.165, 1.54) is 0 Å². The summed E-state index contributed by atoms with van der Waals surface area (Å²) in [6.07, 6.45) is 0. The van der Waals surface area contributed by atoms with Crippen molar-refractivity contribution >= 4 is 11.6 Å². The highest BCUT2D eigenvalue weighted by atomic mass is 16.2. The van der Waals surface area contributed by atoms with Gasteiger partial charge in [0, 0.05) is 17.8 Å². The molecule has 0 bridgehead atoms. The molecular formula is C17H19NO. The molecule has 0 heterocycles. The topological polar surface area (TPSA) is 20.3 Å². The minimum atomic E-state index is 0.0560. The van der Waals surface area contributed by atoms with Crippen LogP contribution in [0.25, 0.3) is 0 Å². The molecule has 2 nitrogen and oxygen atoms in total. The van der Waals surface area contributed by atoms with Crippen molar-refractivity contribution in [3.8, 4) is 0 Å². The molecule has 0 aromatic heterocycles. The van der Waals surface area contributed by atoms with E-state index >= 15 is 0 Å². The monoisotopic (exact) mass is 253 g/mol. The Kier molecular flexibility index (Phi) is 4.00. The van der Waals surface area contributed by atoms with Crippen molar-refractivity contribution in [1.82, 2.24) is 0 Å². The van der Waals surface area contributed by atoms with Crippen molar-refractivity contribution in [1.29, 1.82) is 0 Å². The normalized spacial score (nSPS) is 10.3. The van der Waals surface area contributed by atoms with Crippen LogP contribution in [0.1, 0.15) is 28.4 Å². The van der Waals surface area contributed by atoms with E-state index in [0.29, 0.717) is 6.54 Å². The number of carbonyl (C=O) groups is 1. The smallest absolute Gasteiger partial charge is 0.258 e. The molecule has 0 saturated carbocycles. The Labute approximate surface area is 114 Å². The molecule has 98 valence electrons. The zero-order chi connectivity index (χ0) is 13.8. The SMILES string of the molecule is CCN(C(=O)c1cc(C)cc(C)c1)c1ccccc1. The average molecular weight is 253 g/mol. The molecule has 0 aliphatic heterocycles. The van der Waals surface area contributed by atoms with Gasteiger partial charge in [0.2, 0.25) is 0 Å². The Hall–Kier alpha value is -2.09. The molecule has 0 aliphatic rings. The van der Waals surface area contributed by atoms with Gasteiger partial charge in [0.15, 0.2) is 0 Å². The number of nitrogens with zero attached hydrogens (tertiary/aromatic N) is 1. The third kappa shape index (κ3) is 3.02. The van der Waals surface area contributed by atoms with Crippen molar-refractivity contribution in [3.63, 3.8) is 0 Å². The summed E-state index contributed by atoms with van der Waals surface area (Å²) in [5, 5.41) is 0. The van der Waals surface area contributed by atoms with E-state index in [9.17, 15) is 4.79 Å². The first-order valence-corrected chi connectivity index (χ1v) is 6.57. The highest BCUT2D eigenvalue weighted by Crippen LogP contribution is 2.18. The van der Waals surface area contributed by atoms with E-state index < -0.39 is 0 Å². The Morgan fingerprint density at radius 2 is 1.58 bits per heavy atom. The quantitative estimate of drug-likeness (QED) is 0.810. The predicted molar refractivity (Wildman–Crippen MR) is 79.7 cm³/mol. The van der Waals surface area contributed by atoms with E-state index in [1.807, 2.05) is 63.2 Å². The summed E-state index contributed by atoms with van der Waals surface area (Å²) >= 11 is 0. The molecule has 0 N–H and O–H groups in total.